The Morgan fingerprint density at radius 1 is 1.89 bits per heavy atom. The smallest absolute Gasteiger partial charge is 0.164 e. The monoisotopic (exact) mass is 163 g/mol. The largest absolute Gasteiger partial charge is 0.373 e. The number of hydrogen-bond acceptors (Lipinski definition) is 3. The molecule has 1 atom stereocenters. The quantitative estimate of drug-likeness (QED) is 0.640. The molecule has 2 nitrogen and oxygen atoms in total. The topological polar surface area (TPSA) is 33.1 Å². The Labute approximate surface area is 62.1 Å². The van der Waals surface area contributed by atoms with Crippen LogP contribution in [-0.4, -0.2) is 10.1 Å². The Morgan fingerprint density at radius 2 is 2.56 bits per heavy atom. The van der Waals surface area contributed by atoms with Gasteiger partial charge in [-0.05, 0) is 6.92 Å². The van der Waals surface area contributed by atoms with Crippen LogP contribution in [-0.2, 0) is 0 Å². The lowest BCUT2D eigenvalue weighted by Gasteiger charge is -1.95. The van der Waals surface area contributed by atoms with Gasteiger partial charge >= 0.3 is 0 Å². The zero-order valence-corrected chi connectivity index (χ0v) is 6.41. The van der Waals surface area contributed by atoms with E-state index in [-0.39, 0.29) is 0 Å². The van der Waals surface area contributed by atoms with Crippen molar-refractivity contribution in [3.05, 3.63) is 16.1 Å². The minimum Gasteiger partial charge on any atom is -0.373 e. The van der Waals surface area contributed by atoms with Crippen LogP contribution >= 0.6 is 22.9 Å². The second-order valence-electron chi connectivity index (χ2n) is 1.64. The zero-order chi connectivity index (χ0) is 6.85. The van der Waals surface area contributed by atoms with Gasteiger partial charge in [-0.15, -0.1) is 11.3 Å². The summed E-state index contributed by atoms with van der Waals surface area (Å²) >= 11 is 6.74. The fraction of sp³-hybridized carbons (Fsp3) is 0.400. The van der Waals surface area contributed by atoms with E-state index in [1.807, 2.05) is 6.92 Å². The number of thiazole rings is 1. The minimum absolute atomic E-state index is 0.733. The first-order valence-corrected chi connectivity index (χ1v) is 3.75. The first-order valence-electron chi connectivity index (χ1n) is 2.44. The Bertz CT molecular complexity index is 199. The molecule has 0 amide bonds. The molecule has 0 aliphatic heterocycles. The van der Waals surface area contributed by atoms with Gasteiger partial charge in [0.2, 0.25) is 0 Å². The molecule has 0 saturated heterocycles. The summed E-state index contributed by atoms with van der Waals surface area (Å²) in [6.07, 6.45) is 0. The van der Waals surface area contributed by atoms with Gasteiger partial charge in [-0.3, -0.25) is 0 Å². The molecule has 1 heterocycles. The number of aliphatic hydroxyl groups excluding tert-OH is 1. The molecule has 1 rings (SSSR count). The molecular weight excluding hydrogens is 158 g/mol. The predicted octanol–water partition coefficient (Wildman–Crippen LogP) is 1.68. The molecule has 0 fully saturated rings. The third kappa shape index (κ3) is 1.41. The summed E-state index contributed by atoms with van der Waals surface area (Å²) in [6, 6.07) is 0. The Kier molecular flexibility index (Phi) is 2.05. The van der Waals surface area contributed by atoms with Crippen LogP contribution in [0.1, 0.15) is 16.1 Å². The highest BCUT2D eigenvalue weighted by atomic mass is 35.5. The van der Waals surface area contributed by atoms with E-state index < -0.39 is 5.56 Å². The van der Waals surface area contributed by atoms with Crippen LogP contribution in [0, 0.1) is 6.92 Å². The van der Waals surface area contributed by atoms with Crippen molar-refractivity contribution >= 4 is 22.9 Å². The van der Waals surface area contributed by atoms with E-state index in [9.17, 15) is 0 Å². The number of halogens is 1. The van der Waals surface area contributed by atoms with Crippen molar-refractivity contribution in [2.75, 3.05) is 0 Å². The number of aliphatic hydroxyl groups is 1. The van der Waals surface area contributed by atoms with Crippen molar-refractivity contribution in [3.63, 3.8) is 0 Å². The van der Waals surface area contributed by atoms with Crippen molar-refractivity contribution in [2.24, 2.45) is 0 Å². The molecule has 50 valence electrons. The molecule has 0 saturated carbocycles. The van der Waals surface area contributed by atoms with E-state index in [2.05, 4.69) is 4.98 Å². The Morgan fingerprint density at radius 3 is 2.78 bits per heavy atom. The van der Waals surface area contributed by atoms with Crippen LogP contribution in [0.3, 0.4) is 0 Å². The van der Waals surface area contributed by atoms with Gasteiger partial charge in [-0.1, -0.05) is 11.6 Å². The van der Waals surface area contributed by atoms with Crippen LogP contribution in [0.5, 0.6) is 0 Å². The lowest BCUT2D eigenvalue weighted by molar-refractivity contribution is 0.265. The highest BCUT2D eigenvalue weighted by Crippen LogP contribution is 2.23. The summed E-state index contributed by atoms with van der Waals surface area (Å²) in [5.74, 6) is 0. The summed E-state index contributed by atoms with van der Waals surface area (Å²) in [5, 5.41) is 8.83. The molecule has 9 heavy (non-hydrogen) atoms. The van der Waals surface area contributed by atoms with E-state index >= 15 is 0 Å². The maximum absolute atomic E-state index is 8.83. The van der Waals surface area contributed by atoms with Crippen LogP contribution in [0.15, 0.2) is 5.51 Å². The molecule has 0 aromatic carbocycles. The van der Waals surface area contributed by atoms with Gasteiger partial charge in [-0.25, -0.2) is 4.98 Å². The summed E-state index contributed by atoms with van der Waals surface area (Å²) in [5.41, 5.74) is 1.58. The third-order valence-corrected chi connectivity index (χ3v) is 2.33. The normalized spacial score (nSPS) is 13.7. The fourth-order valence-electron chi connectivity index (χ4n) is 0.540. The molecule has 1 aromatic rings. The van der Waals surface area contributed by atoms with Crippen molar-refractivity contribution in [3.8, 4) is 0 Å². The first kappa shape index (κ1) is 6.99. The number of aromatic nitrogens is 1. The molecule has 0 radical (unpaired) electrons. The summed E-state index contributed by atoms with van der Waals surface area (Å²) in [7, 11) is 0. The average Bonchev–Trinajstić information content (AvgIpc) is 2.13. The van der Waals surface area contributed by atoms with E-state index in [0.29, 0.717) is 0 Å². The van der Waals surface area contributed by atoms with Crippen LogP contribution in [0.25, 0.3) is 0 Å². The number of hydrogen-bond donors (Lipinski definition) is 1. The summed E-state index contributed by atoms with van der Waals surface area (Å²) in [6.45, 7) is 1.82. The van der Waals surface area contributed by atoms with Gasteiger partial charge in [0, 0.05) is 0 Å². The number of rotatable bonds is 1. The fourth-order valence-corrected chi connectivity index (χ4v) is 1.51. The number of aryl methyl sites for hydroxylation is 1. The lowest BCUT2D eigenvalue weighted by Crippen LogP contribution is -1.85. The molecular formula is C5H6ClNOS. The molecule has 0 aliphatic rings. The maximum Gasteiger partial charge on any atom is 0.164 e. The third-order valence-electron chi connectivity index (χ3n) is 0.999. The Balaban J connectivity index is 2.94. The second kappa shape index (κ2) is 2.64. The van der Waals surface area contributed by atoms with Gasteiger partial charge in [0.05, 0.1) is 16.1 Å². The molecule has 1 aromatic heterocycles. The lowest BCUT2D eigenvalue weighted by atomic mass is 10.4. The van der Waals surface area contributed by atoms with Crippen molar-refractivity contribution in [2.45, 2.75) is 12.5 Å². The van der Waals surface area contributed by atoms with Crippen LogP contribution in [0.2, 0.25) is 0 Å². The van der Waals surface area contributed by atoms with E-state index in [1.54, 1.807) is 5.51 Å². The summed E-state index contributed by atoms with van der Waals surface area (Å²) < 4.78 is 0. The first-order chi connectivity index (χ1) is 4.22. The molecule has 0 aliphatic carbocycles. The second-order valence-corrected chi connectivity index (χ2v) is 2.94. The van der Waals surface area contributed by atoms with Crippen LogP contribution < -0.4 is 0 Å². The minimum atomic E-state index is -0.891. The molecule has 0 spiro atoms. The summed E-state index contributed by atoms with van der Waals surface area (Å²) in [4.78, 5) is 4.64. The highest BCUT2D eigenvalue weighted by molar-refractivity contribution is 7.10. The van der Waals surface area contributed by atoms with Gasteiger partial charge in [0.1, 0.15) is 0 Å². The van der Waals surface area contributed by atoms with E-state index in [4.69, 9.17) is 16.7 Å². The zero-order valence-electron chi connectivity index (χ0n) is 4.84. The molecule has 1 N–H and O–H groups in total. The SMILES string of the molecule is Cc1ncsc1C(O)Cl. The number of alkyl halides is 1. The van der Waals surface area contributed by atoms with Gasteiger partial charge in [0.25, 0.3) is 0 Å². The molecule has 4 heteroatoms. The van der Waals surface area contributed by atoms with E-state index in [0.717, 1.165) is 10.6 Å². The highest BCUT2D eigenvalue weighted by Gasteiger charge is 2.07. The standard InChI is InChI=1S/C5H6ClNOS/c1-3-4(5(6)8)9-2-7-3/h2,5,8H,1H3. The van der Waals surface area contributed by atoms with Crippen LogP contribution in [0.4, 0.5) is 0 Å². The molecule has 0 bridgehead atoms. The van der Waals surface area contributed by atoms with Crippen molar-refractivity contribution < 1.29 is 5.11 Å². The van der Waals surface area contributed by atoms with Crippen molar-refractivity contribution in [1.29, 1.82) is 0 Å². The Hall–Kier alpha value is -0.120. The van der Waals surface area contributed by atoms with Gasteiger partial charge in [-0.2, -0.15) is 0 Å². The van der Waals surface area contributed by atoms with E-state index in [1.165, 1.54) is 11.3 Å². The van der Waals surface area contributed by atoms with Gasteiger partial charge < -0.3 is 5.11 Å². The number of nitrogens with zero attached hydrogens (tertiary/aromatic N) is 1. The van der Waals surface area contributed by atoms with Crippen molar-refractivity contribution in [1.82, 2.24) is 4.98 Å². The van der Waals surface area contributed by atoms with Gasteiger partial charge in [0.15, 0.2) is 5.56 Å². The predicted molar refractivity (Wildman–Crippen MR) is 37.7 cm³/mol. The maximum atomic E-state index is 8.83. The average molecular weight is 164 g/mol. The molecule has 1 unspecified atom stereocenters.